The normalized spacial score (nSPS) is 11.7. The molecular formula is C10H12BrClFNO2S. The predicted octanol–water partition coefficient (Wildman–Crippen LogP) is 2.64. The predicted molar refractivity (Wildman–Crippen MR) is 70.1 cm³/mol. The van der Waals surface area contributed by atoms with Gasteiger partial charge in [-0.25, -0.2) is 17.5 Å². The maximum Gasteiger partial charge on any atom is 0.211 e. The number of alkyl halides is 1. The molecule has 0 aliphatic heterocycles. The molecule has 0 atom stereocenters. The molecule has 96 valence electrons. The summed E-state index contributed by atoms with van der Waals surface area (Å²) < 4.78 is 39.3. The van der Waals surface area contributed by atoms with Crippen LogP contribution in [0.5, 0.6) is 0 Å². The van der Waals surface area contributed by atoms with Crippen molar-refractivity contribution >= 4 is 37.6 Å². The van der Waals surface area contributed by atoms with Gasteiger partial charge in [-0.15, -0.1) is 11.6 Å². The zero-order valence-corrected chi connectivity index (χ0v) is 12.1. The van der Waals surface area contributed by atoms with Crippen molar-refractivity contribution in [3.05, 3.63) is 34.1 Å². The second-order valence-corrected chi connectivity index (χ2v) is 6.64. The topological polar surface area (TPSA) is 46.2 Å². The zero-order valence-electron chi connectivity index (χ0n) is 8.92. The van der Waals surface area contributed by atoms with Crippen molar-refractivity contribution in [2.75, 3.05) is 11.6 Å². The third kappa shape index (κ3) is 5.33. The summed E-state index contributed by atoms with van der Waals surface area (Å²) >= 11 is 8.61. The molecule has 0 amide bonds. The molecule has 0 aromatic heterocycles. The van der Waals surface area contributed by atoms with Gasteiger partial charge >= 0.3 is 0 Å². The molecule has 1 aromatic rings. The van der Waals surface area contributed by atoms with E-state index in [1.165, 1.54) is 6.07 Å². The molecule has 0 aliphatic carbocycles. The van der Waals surface area contributed by atoms with Crippen LogP contribution in [0, 0.1) is 5.82 Å². The van der Waals surface area contributed by atoms with Gasteiger partial charge in [0.25, 0.3) is 0 Å². The lowest BCUT2D eigenvalue weighted by atomic mass is 10.2. The van der Waals surface area contributed by atoms with Crippen LogP contribution >= 0.6 is 27.5 Å². The Morgan fingerprint density at radius 1 is 1.41 bits per heavy atom. The molecule has 0 aliphatic rings. The molecule has 0 unspecified atom stereocenters. The fourth-order valence-corrected chi connectivity index (χ4v) is 2.93. The van der Waals surface area contributed by atoms with Crippen LogP contribution in [0.4, 0.5) is 4.39 Å². The maximum absolute atomic E-state index is 13.3. The Hall–Kier alpha value is -0.170. The minimum absolute atomic E-state index is 0.0495. The number of hydrogen-bond donors (Lipinski definition) is 1. The van der Waals surface area contributed by atoms with E-state index in [1.807, 2.05) is 0 Å². The van der Waals surface area contributed by atoms with Crippen LogP contribution in [0.2, 0.25) is 0 Å². The first kappa shape index (κ1) is 14.9. The van der Waals surface area contributed by atoms with E-state index < -0.39 is 15.8 Å². The van der Waals surface area contributed by atoms with Crippen molar-refractivity contribution < 1.29 is 12.8 Å². The SMILES string of the molecule is O=S(=O)(CCCCl)NCc1cc(Br)ccc1F. The largest absolute Gasteiger partial charge is 0.212 e. The van der Waals surface area contributed by atoms with E-state index in [4.69, 9.17) is 11.6 Å². The van der Waals surface area contributed by atoms with Gasteiger partial charge in [0.05, 0.1) is 5.75 Å². The van der Waals surface area contributed by atoms with E-state index in [-0.39, 0.29) is 18.2 Å². The van der Waals surface area contributed by atoms with Crippen molar-refractivity contribution in [1.29, 1.82) is 0 Å². The zero-order chi connectivity index (χ0) is 12.9. The summed E-state index contributed by atoms with van der Waals surface area (Å²) in [7, 11) is -3.39. The summed E-state index contributed by atoms with van der Waals surface area (Å²) in [6.07, 6.45) is 0.373. The summed E-state index contributed by atoms with van der Waals surface area (Å²) in [4.78, 5) is 0. The first-order valence-electron chi connectivity index (χ1n) is 4.92. The lowest BCUT2D eigenvalue weighted by molar-refractivity contribution is 0.573. The highest BCUT2D eigenvalue weighted by Crippen LogP contribution is 2.15. The lowest BCUT2D eigenvalue weighted by Gasteiger charge is -2.07. The van der Waals surface area contributed by atoms with Gasteiger partial charge < -0.3 is 0 Å². The molecule has 0 heterocycles. The number of hydrogen-bond acceptors (Lipinski definition) is 2. The number of sulfonamides is 1. The van der Waals surface area contributed by atoms with Gasteiger partial charge in [-0.2, -0.15) is 0 Å². The van der Waals surface area contributed by atoms with Crippen molar-refractivity contribution in [3.63, 3.8) is 0 Å². The Bertz CT molecular complexity index is 481. The van der Waals surface area contributed by atoms with E-state index in [1.54, 1.807) is 12.1 Å². The Morgan fingerprint density at radius 3 is 2.76 bits per heavy atom. The van der Waals surface area contributed by atoms with Crippen LogP contribution in [-0.4, -0.2) is 20.1 Å². The fraction of sp³-hybridized carbons (Fsp3) is 0.400. The smallest absolute Gasteiger partial charge is 0.211 e. The number of benzene rings is 1. The van der Waals surface area contributed by atoms with Gasteiger partial charge in [0, 0.05) is 22.5 Å². The molecule has 1 rings (SSSR count). The van der Waals surface area contributed by atoms with Crippen molar-refractivity contribution in [2.24, 2.45) is 0 Å². The molecule has 17 heavy (non-hydrogen) atoms. The molecule has 0 fully saturated rings. The highest BCUT2D eigenvalue weighted by Gasteiger charge is 2.11. The highest BCUT2D eigenvalue weighted by atomic mass is 79.9. The summed E-state index contributed by atoms with van der Waals surface area (Å²) in [5, 5.41) is 0. The summed E-state index contributed by atoms with van der Waals surface area (Å²) in [6, 6.07) is 4.38. The summed E-state index contributed by atoms with van der Waals surface area (Å²) in [5.41, 5.74) is 0.300. The van der Waals surface area contributed by atoms with Crippen molar-refractivity contribution in [2.45, 2.75) is 13.0 Å². The molecule has 1 aromatic carbocycles. The van der Waals surface area contributed by atoms with Crippen LogP contribution in [0.15, 0.2) is 22.7 Å². The number of nitrogens with one attached hydrogen (secondary N) is 1. The molecule has 0 spiro atoms. The Morgan fingerprint density at radius 2 is 2.12 bits per heavy atom. The van der Waals surface area contributed by atoms with Crippen molar-refractivity contribution in [1.82, 2.24) is 4.72 Å². The third-order valence-electron chi connectivity index (χ3n) is 2.04. The van der Waals surface area contributed by atoms with Gasteiger partial charge in [0.15, 0.2) is 0 Å². The van der Waals surface area contributed by atoms with Gasteiger partial charge in [-0.3, -0.25) is 0 Å². The van der Waals surface area contributed by atoms with E-state index in [0.29, 0.717) is 16.5 Å². The molecule has 7 heteroatoms. The van der Waals surface area contributed by atoms with Crippen molar-refractivity contribution in [3.8, 4) is 0 Å². The average molecular weight is 345 g/mol. The van der Waals surface area contributed by atoms with Gasteiger partial charge in [0.1, 0.15) is 5.82 Å². The number of rotatable bonds is 6. The van der Waals surface area contributed by atoms with E-state index in [0.717, 1.165) is 0 Å². The molecule has 3 nitrogen and oxygen atoms in total. The molecule has 0 radical (unpaired) electrons. The molecule has 0 saturated heterocycles. The monoisotopic (exact) mass is 343 g/mol. The maximum atomic E-state index is 13.3. The van der Waals surface area contributed by atoms with Crippen LogP contribution in [0.3, 0.4) is 0 Å². The fourth-order valence-electron chi connectivity index (χ4n) is 1.18. The molecular weight excluding hydrogens is 333 g/mol. The summed E-state index contributed by atoms with van der Waals surface area (Å²) in [5.74, 6) is -0.202. The average Bonchev–Trinajstić information content (AvgIpc) is 2.28. The van der Waals surface area contributed by atoms with Crippen LogP contribution in [-0.2, 0) is 16.6 Å². The Balaban J connectivity index is 2.64. The van der Waals surface area contributed by atoms with Gasteiger partial charge in [-0.05, 0) is 24.6 Å². The van der Waals surface area contributed by atoms with E-state index >= 15 is 0 Å². The van der Waals surface area contributed by atoms with Crippen LogP contribution in [0.1, 0.15) is 12.0 Å². The second-order valence-electron chi connectivity index (χ2n) is 3.42. The third-order valence-corrected chi connectivity index (χ3v) is 4.21. The van der Waals surface area contributed by atoms with E-state index in [2.05, 4.69) is 20.7 Å². The Kier molecular flexibility index (Phi) is 5.85. The lowest BCUT2D eigenvalue weighted by Crippen LogP contribution is -2.26. The summed E-state index contributed by atoms with van der Waals surface area (Å²) in [6.45, 7) is -0.0596. The quantitative estimate of drug-likeness (QED) is 0.806. The molecule has 1 N–H and O–H groups in total. The molecule has 0 bridgehead atoms. The first-order valence-corrected chi connectivity index (χ1v) is 7.90. The first-order chi connectivity index (χ1) is 7.94. The van der Waals surface area contributed by atoms with Crippen LogP contribution in [0.25, 0.3) is 0 Å². The second kappa shape index (κ2) is 6.68. The van der Waals surface area contributed by atoms with Crippen LogP contribution < -0.4 is 4.72 Å². The highest BCUT2D eigenvalue weighted by molar-refractivity contribution is 9.10. The minimum atomic E-state index is -3.39. The Labute approximate surface area is 114 Å². The standard InChI is InChI=1S/C10H12BrClFNO2S/c11-9-2-3-10(13)8(6-9)7-14-17(15,16)5-1-4-12/h2-3,6,14H,1,4-5,7H2. The van der Waals surface area contributed by atoms with Gasteiger partial charge in [0.2, 0.25) is 10.0 Å². The minimum Gasteiger partial charge on any atom is -0.212 e. The molecule has 0 saturated carbocycles. The number of halogens is 3. The van der Waals surface area contributed by atoms with Gasteiger partial charge in [-0.1, -0.05) is 15.9 Å². The van der Waals surface area contributed by atoms with E-state index in [9.17, 15) is 12.8 Å².